The summed E-state index contributed by atoms with van der Waals surface area (Å²) in [6.45, 7) is 4.50. The highest BCUT2D eigenvalue weighted by atomic mass is 19.4. The number of hydrogen-bond donors (Lipinski definition) is 1. The lowest BCUT2D eigenvalue weighted by atomic mass is 10.2. The number of pyridine rings is 1. The first-order chi connectivity index (χ1) is 9.44. The molecule has 0 aliphatic carbocycles. The highest BCUT2D eigenvalue weighted by molar-refractivity contribution is 5.43. The number of hydrogen-bond acceptors (Lipinski definition) is 3. The van der Waals surface area contributed by atoms with Crippen molar-refractivity contribution < 1.29 is 13.2 Å². The minimum atomic E-state index is -4.17. The molecule has 0 spiro atoms. The van der Waals surface area contributed by atoms with E-state index in [1.807, 2.05) is 19.1 Å². The third-order valence-corrected chi connectivity index (χ3v) is 2.72. The summed E-state index contributed by atoms with van der Waals surface area (Å²) in [6.07, 6.45) is -0.865. The zero-order chi connectivity index (χ0) is 15.0. The first kappa shape index (κ1) is 16.8. The second-order valence-corrected chi connectivity index (χ2v) is 4.79. The van der Waals surface area contributed by atoms with Gasteiger partial charge in [-0.1, -0.05) is 13.8 Å². The smallest absolute Gasteiger partial charge is 0.385 e. The molecule has 6 heteroatoms. The first-order valence-electron chi connectivity index (χ1n) is 6.92. The molecule has 3 nitrogen and oxygen atoms in total. The van der Waals surface area contributed by atoms with Crippen LogP contribution < -0.4 is 5.32 Å². The van der Waals surface area contributed by atoms with Gasteiger partial charge in [0, 0.05) is 25.0 Å². The van der Waals surface area contributed by atoms with Crippen molar-refractivity contribution in [2.45, 2.75) is 39.4 Å². The molecule has 0 aliphatic heterocycles. The van der Waals surface area contributed by atoms with Crippen molar-refractivity contribution in [3.8, 4) is 0 Å². The molecule has 1 N–H and O–H groups in total. The maximum Gasteiger partial charge on any atom is 0.401 e. The van der Waals surface area contributed by atoms with Gasteiger partial charge in [-0.3, -0.25) is 9.88 Å². The minimum Gasteiger partial charge on any atom is -0.385 e. The normalized spacial score (nSPS) is 11.9. The largest absolute Gasteiger partial charge is 0.401 e. The molecule has 0 saturated heterocycles. The van der Waals surface area contributed by atoms with Gasteiger partial charge < -0.3 is 5.32 Å². The summed E-state index contributed by atoms with van der Waals surface area (Å²) in [5.74, 6) is 0. The van der Waals surface area contributed by atoms with Gasteiger partial charge in [0.25, 0.3) is 0 Å². The van der Waals surface area contributed by atoms with Gasteiger partial charge in [-0.25, -0.2) is 0 Å². The molecule has 1 heterocycles. The van der Waals surface area contributed by atoms with E-state index in [4.69, 9.17) is 0 Å². The molecule has 1 aromatic rings. The van der Waals surface area contributed by atoms with Gasteiger partial charge in [-0.2, -0.15) is 13.2 Å². The molecule has 0 aliphatic rings. The molecule has 20 heavy (non-hydrogen) atoms. The number of halogens is 3. The quantitative estimate of drug-likeness (QED) is 0.791. The Kier molecular flexibility index (Phi) is 6.78. The van der Waals surface area contributed by atoms with E-state index in [1.54, 1.807) is 6.20 Å². The Bertz CT molecular complexity index is 393. The van der Waals surface area contributed by atoms with Crippen LogP contribution in [0, 0.1) is 0 Å². The van der Waals surface area contributed by atoms with Crippen LogP contribution in [0.2, 0.25) is 0 Å². The summed E-state index contributed by atoms with van der Waals surface area (Å²) in [6, 6.07) is 3.64. The SMILES string of the molecule is CCCNc1ccnc(CN(CCC)CC(F)(F)F)c1. The van der Waals surface area contributed by atoms with E-state index in [1.165, 1.54) is 4.90 Å². The number of aromatic nitrogens is 1. The maximum absolute atomic E-state index is 12.5. The van der Waals surface area contributed by atoms with E-state index < -0.39 is 12.7 Å². The van der Waals surface area contributed by atoms with Gasteiger partial charge in [0.05, 0.1) is 12.2 Å². The molecular weight excluding hydrogens is 267 g/mol. The fourth-order valence-corrected chi connectivity index (χ4v) is 1.96. The summed E-state index contributed by atoms with van der Waals surface area (Å²) in [4.78, 5) is 5.53. The molecule has 1 rings (SSSR count). The van der Waals surface area contributed by atoms with Crippen molar-refractivity contribution >= 4 is 5.69 Å². The summed E-state index contributed by atoms with van der Waals surface area (Å²) in [5, 5.41) is 3.21. The van der Waals surface area contributed by atoms with Gasteiger partial charge >= 0.3 is 6.18 Å². The van der Waals surface area contributed by atoms with Crippen LogP contribution in [0.5, 0.6) is 0 Å². The Balaban J connectivity index is 2.67. The Morgan fingerprint density at radius 1 is 1.25 bits per heavy atom. The molecule has 0 atom stereocenters. The van der Waals surface area contributed by atoms with Crippen molar-refractivity contribution in [1.29, 1.82) is 0 Å². The number of nitrogens with zero attached hydrogens (tertiary/aromatic N) is 2. The van der Waals surface area contributed by atoms with Gasteiger partial charge in [0.1, 0.15) is 0 Å². The van der Waals surface area contributed by atoms with Gasteiger partial charge in [-0.15, -0.1) is 0 Å². The van der Waals surface area contributed by atoms with Crippen molar-refractivity contribution in [3.63, 3.8) is 0 Å². The Labute approximate surface area is 118 Å². The highest BCUT2D eigenvalue weighted by Gasteiger charge is 2.30. The van der Waals surface area contributed by atoms with Crippen LogP contribution in [0.1, 0.15) is 32.4 Å². The lowest BCUT2D eigenvalue weighted by Crippen LogP contribution is -2.34. The highest BCUT2D eigenvalue weighted by Crippen LogP contribution is 2.18. The summed E-state index contributed by atoms with van der Waals surface area (Å²) >= 11 is 0. The fraction of sp³-hybridized carbons (Fsp3) is 0.643. The van der Waals surface area contributed by atoms with E-state index in [0.717, 1.165) is 18.7 Å². The summed E-state index contributed by atoms with van der Waals surface area (Å²) in [5.41, 5.74) is 1.56. The van der Waals surface area contributed by atoms with Crippen LogP contribution >= 0.6 is 0 Å². The second-order valence-electron chi connectivity index (χ2n) is 4.79. The Morgan fingerprint density at radius 2 is 2.00 bits per heavy atom. The van der Waals surface area contributed by atoms with Crippen molar-refractivity contribution in [3.05, 3.63) is 24.0 Å². The Hall–Kier alpha value is -1.30. The minimum absolute atomic E-state index is 0.217. The molecular formula is C14H22F3N3. The number of rotatable bonds is 8. The van der Waals surface area contributed by atoms with Crippen LogP contribution in [-0.2, 0) is 6.54 Å². The molecule has 0 unspecified atom stereocenters. The van der Waals surface area contributed by atoms with Crippen LogP contribution in [0.15, 0.2) is 18.3 Å². The lowest BCUT2D eigenvalue weighted by Gasteiger charge is -2.22. The van der Waals surface area contributed by atoms with E-state index in [9.17, 15) is 13.2 Å². The molecule has 0 radical (unpaired) electrons. The van der Waals surface area contributed by atoms with Gasteiger partial charge in [0.15, 0.2) is 0 Å². The molecule has 114 valence electrons. The van der Waals surface area contributed by atoms with E-state index in [2.05, 4.69) is 17.2 Å². The van der Waals surface area contributed by atoms with E-state index in [0.29, 0.717) is 18.7 Å². The molecule has 1 aromatic heterocycles. The van der Waals surface area contributed by atoms with E-state index >= 15 is 0 Å². The topological polar surface area (TPSA) is 28.2 Å². The van der Waals surface area contributed by atoms with Crippen molar-refractivity contribution in [1.82, 2.24) is 9.88 Å². The molecule has 0 aromatic carbocycles. The lowest BCUT2D eigenvalue weighted by molar-refractivity contribution is -0.147. The number of nitrogens with one attached hydrogen (secondary N) is 1. The third-order valence-electron chi connectivity index (χ3n) is 2.72. The first-order valence-corrected chi connectivity index (χ1v) is 6.92. The zero-order valence-corrected chi connectivity index (χ0v) is 12.0. The average molecular weight is 289 g/mol. The van der Waals surface area contributed by atoms with Crippen molar-refractivity contribution in [2.24, 2.45) is 0 Å². The molecule has 0 fully saturated rings. The average Bonchev–Trinajstić information content (AvgIpc) is 2.35. The standard InChI is InChI=1S/C14H22F3N3/c1-3-6-18-12-5-7-19-13(9-12)10-20(8-4-2)11-14(15,16)17/h5,7,9H,3-4,6,8,10-11H2,1-2H3,(H,18,19). The second kappa shape index (κ2) is 8.09. The summed E-state index contributed by atoms with van der Waals surface area (Å²) < 4.78 is 37.5. The third kappa shape index (κ3) is 6.75. The van der Waals surface area contributed by atoms with Crippen LogP contribution in [0.25, 0.3) is 0 Å². The maximum atomic E-state index is 12.5. The Morgan fingerprint density at radius 3 is 2.60 bits per heavy atom. The van der Waals surface area contributed by atoms with Gasteiger partial charge in [0.2, 0.25) is 0 Å². The number of alkyl halides is 3. The van der Waals surface area contributed by atoms with Crippen molar-refractivity contribution in [2.75, 3.05) is 25.0 Å². The van der Waals surface area contributed by atoms with Crippen LogP contribution in [-0.4, -0.2) is 35.7 Å². The fourth-order valence-electron chi connectivity index (χ4n) is 1.96. The monoisotopic (exact) mass is 289 g/mol. The zero-order valence-electron chi connectivity index (χ0n) is 12.0. The van der Waals surface area contributed by atoms with Crippen LogP contribution in [0.4, 0.5) is 18.9 Å². The predicted octanol–water partition coefficient (Wildman–Crippen LogP) is 3.68. The predicted molar refractivity (Wildman–Crippen MR) is 74.6 cm³/mol. The van der Waals surface area contributed by atoms with Gasteiger partial charge in [-0.05, 0) is 31.5 Å². The molecule has 0 bridgehead atoms. The summed E-state index contributed by atoms with van der Waals surface area (Å²) in [7, 11) is 0. The van der Waals surface area contributed by atoms with Crippen LogP contribution in [0.3, 0.4) is 0 Å². The molecule has 0 saturated carbocycles. The van der Waals surface area contributed by atoms with E-state index in [-0.39, 0.29) is 6.54 Å². The molecule has 0 amide bonds. The number of anilines is 1.